The lowest BCUT2D eigenvalue weighted by Crippen LogP contribution is -2.46. The van der Waals surface area contributed by atoms with Crippen molar-refractivity contribution in [3.05, 3.63) is 42.2 Å². The second-order valence-corrected chi connectivity index (χ2v) is 5.35. The van der Waals surface area contributed by atoms with Gasteiger partial charge in [0.15, 0.2) is 0 Å². The molecule has 2 aromatic rings. The largest absolute Gasteiger partial charge is 0.344 e. The SMILES string of the molecule is CN1CC(NCc2cnn(-c3ccccc3)n2)CCC1=O. The van der Waals surface area contributed by atoms with Gasteiger partial charge in [-0.1, -0.05) is 18.2 Å². The fourth-order valence-electron chi connectivity index (χ4n) is 2.49. The lowest BCUT2D eigenvalue weighted by molar-refractivity contribution is -0.132. The van der Waals surface area contributed by atoms with Gasteiger partial charge in [0.25, 0.3) is 0 Å². The average Bonchev–Trinajstić information content (AvgIpc) is 2.98. The number of amides is 1. The van der Waals surface area contributed by atoms with Crippen molar-refractivity contribution in [3.8, 4) is 5.69 Å². The fourth-order valence-corrected chi connectivity index (χ4v) is 2.49. The van der Waals surface area contributed by atoms with Crippen LogP contribution in [0.1, 0.15) is 18.5 Å². The second-order valence-electron chi connectivity index (χ2n) is 5.35. The summed E-state index contributed by atoms with van der Waals surface area (Å²) in [7, 11) is 1.85. The van der Waals surface area contributed by atoms with Crippen molar-refractivity contribution in [1.82, 2.24) is 25.2 Å². The number of rotatable bonds is 4. The summed E-state index contributed by atoms with van der Waals surface area (Å²) in [6.07, 6.45) is 3.28. The number of carbonyl (C=O) groups is 1. The number of likely N-dealkylation sites (tertiary alicyclic amines) is 1. The molecule has 2 heterocycles. The summed E-state index contributed by atoms with van der Waals surface area (Å²) >= 11 is 0. The molecule has 6 nitrogen and oxygen atoms in total. The average molecular weight is 285 g/mol. The molecule has 0 radical (unpaired) electrons. The van der Waals surface area contributed by atoms with Crippen LogP contribution in [-0.4, -0.2) is 45.4 Å². The third-order valence-electron chi connectivity index (χ3n) is 3.72. The molecule has 0 aliphatic carbocycles. The van der Waals surface area contributed by atoms with Crippen LogP contribution in [-0.2, 0) is 11.3 Å². The predicted molar refractivity (Wildman–Crippen MR) is 78.9 cm³/mol. The first kappa shape index (κ1) is 13.8. The molecule has 1 N–H and O–H groups in total. The molecule has 1 aromatic heterocycles. The Balaban J connectivity index is 1.57. The van der Waals surface area contributed by atoms with Gasteiger partial charge in [0, 0.05) is 32.6 Å². The van der Waals surface area contributed by atoms with Gasteiger partial charge in [-0.2, -0.15) is 15.0 Å². The number of nitrogens with zero attached hydrogens (tertiary/aromatic N) is 4. The van der Waals surface area contributed by atoms with Crippen LogP contribution >= 0.6 is 0 Å². The molecule has 1 saturated heterocycles. The summed E-state index contributed by atoms with van der Waals surface area (Å²) in [6.45, 7) is 1.42. The minimum atomic E-state index is 0.225. The van der Waals surface area contributed by atoms with Crippen LogP contribution in [0.25, 0.3) is 5.69 Å². The van der Waals surface area contributed by atoms with E-state index in [1.165, 1.54) is 0 Å². The molecule has 1 unspecified atom stereocenters. The number of aromatic nitrogens is 3. The summed E-state index contributed by atoms with van der Waals surface area (Å²) in [5.74, 6) is 0.225. The molecule has 6 heteroatoms. The van der Waals surface area contributed by atoms with Gasteiger partial charge in [0.2, 0.25) is 5.91 Å². The van der Waals surface area contributed by atoms with Crippen molar-refractivity contribution in [2.24, 2.45) is 0 Å². The predicted octanol–water partition coefficient (Wildman–Crippen LogP) is 0.978. The highest BCUT2D eigenvalue weighted by atomic mass is 16.2. The topological polar surface area (TPSA) is 63.1 Å². The first-order chi connectivity index (χ1) is 10.2. The van der Waals surface area contributed by atoms with E-state index in [4.69, 9.17) is 0 Å². The zero-order chi connectivity index (χ0) is 14.7. The number of piperidine rings is 1. The van der Waals surface area contributed by atoms with Crippen molar-refractivity contribution < 1.29 is 4.79 Å². The van der Waals surface area contributed by atoms with E-state index < -0.39 is 0 Å². The molecule has 3 rings (SSSR count). The van der Waals surface area contributed by atoms with Crippen LogP contribution in [0.5, 0.6) is 0 Å². The van der Waals surface area contributed by atoms with Crippen LogP contribution < -0.4 is 5.32 Å². The Morgan fingerprint density at radius 2 is 2.14 bits per heavy atom. The normalized spacial score (nSPS) is 19.0. The molecule has 1 aromatic carbocycles. The summed E-state index contributed by atoms with van der Waals surface area (Å²) < 4.78 is 0. The fraction of sp³-hybridized carbons (Fsp3) is 0.400. The Hall–Kier alpha value is -2.21. The van der Waals surface area contributed by atoms with Gasteiger partial charge in [-0.15, -0.1) is 0 Å². The number of carbonyl (C=O) groups excluding carboxylic acids is 1. The van der Waals surface area contributed by atoms with Crippen LogP contribution in [0.15, 0.2) is 36.5 Å². The van der Waals surface area contributed by atoms with Gasteiger partial charge in [0.1, 0.15) is 0 Å². The summed E-state index contributed by atoms with van der Waals surface area (Å²) in [6, 6.07) is 10.2. The number of hydrogen-bond donors (Lipinski definition) is 1. The molecular formula is C15H19N5O. The highest BCUT2D eigenvalue weighted by molar-refractivity contribution is 5.76. The van der Waals surface area contributed by atoms with Crippen LogP contribution in [0.3, 0.4) is 0 Å². The van der Waals surface area contributed by atoms with Crippen molar-refractivity contribution in [1.29, 1.82) is 0 Å². The molecule has 1 amide bonds. The number of para-hydroxylation sites is 1. The Morgan fingerprint density at radius 3 is 2.90 bits per heavy atom. The van der Waals surface area contributed by atoms with Gasteiger partial charge >= 0.3 is 0 Å². The molecule has 1 aliphatic rings. The molecule has 1 aliphatic heterocycles. The summed E-state index contributed by atoms with van der Waals surface area (Å²) in [5.41, 5.74) is 1.85. The van der Waals surface area contributed by atoms with Crippen molar-refractivity contribution >= 4 is 5.91 Å². The maximum absolute atomic E-state index is 11.4. The molecule has 21 heavy (non-hydrogen) atoms. The van der Waals surface area contributed by atoms with E-state index in [1.54, 1.807) is 15.9 Å². The van der Waals surface area contributed by atoms with E-state index >= 15 is 0 Å². The second kappa shape index (κ2) is 6.05. The zero-order valence-corrected chi connectivity index (χ0v) is 12.1. The smallest absolute Gasteiger partial charge is 0.222 e. The van der Waals surface area contributed by atoms with Crippen molar-refractivity contribution in [2.75, 3.05) is 13.6 Å². The van der Waals surface area contributed by atoms with Crippen LogP contribution in [0.4, 0.5) is 0 Å². The lowest BCUT2D eigenvalue weighted by atomic mass is 10.1. The van der Waals surface area contributed by atoms with Gasteiger partial charge in [-0.3, -0.25) is 4.79 Å². The van der Waals surface area contributed by atoms with Gasteiger partial charge in [0.05, 0.1) is 17.6 Å². The molecule has 0 saturated carbocycles. The number of likely N-dealkylation sites (N-methyl/N-ethyl adjacent to an activating group) is 1. The maximum atomic E-state index is 11.4. The monoisotopic (exact) mass is 285 g/mol. The third kappa shape index (κ3) is 3.28. The van der Waals surface area contributed by atoms with Gasteiger partial charge in [-0.25, -0.2) is 0 Å². The molecule has 0 spiro atoms. The third-order valence-corrected chi connectivity index (χ3v) is 3.72. The van der Waals surface area contributed by atoms with E-state index in [0.29, 0.717) is 19.0 Å². The highest BCUT2D eigenvalue weighted by Gasteiger charge is 2.22. The van der Waals surface area contributed by atoms with Crippen LogP contribution in [0.2, 0.25) is 0 Å². The Labute approximate surface area is 123 Å². The van der Waals surface area contributed by atoms with Crippen LogP contribution in [0, 0.1) is 0 Å². The molecule has 1 fully saturated rings. The number of nitrogens with one attached hydrogen (secondary N) is 1. The summed E-state index contributed by atoms with van der Waals surface area (Å²) in [5, 5.41) is 12.2. The Morgan fingerprint density at radius 1 is 1.33 bits per heavy atom. The quantitative estimate of drug-likeness (QED) is 0.909. The van der Waals surface area contributed by atoms with Gasteiger partial charge < -0.3 is 10.2 Å². The maximum Gasteiger partial charge on any atom is 0.222 e. The highest BCUT2D eigenvalue weighted by Crippen LogP contribution is 2.10. The van der Waals surface area contributed by atoms with E-state index in [-0.39, 0.29) is 5.91 Å². The Kier molecular flexibility index (Phi) is 3.96. The number of benzene rings is 1. The standard InChI is InChI=1S/C15H19N5O/c1-19-11-12(7-8-15(19)21)16-9-13-10-17-20(18-13)14-5-3-2-4-6-14/h2-6,10,12,16H,7-9,11H2,1H3. The zero-order valence-electron chi connectivity index (χ0n) is 12.1. The molecule has 1 atom stereocenters. The van der Waals surface area contributed by atoms with Crippen molar-refractivity contribution in [3.63, 3.8) is 0 Å². The van der Waals surface area contributed by atoms with E-state index in [2.05, 4.69) is 15.5 Å². The first-order valence-corrected chi connectivity index (χ1v) is 7.16. The van der Waals surface area contributed by atoms with E-state index in [0.717, 1.165) is 24.3 Å². The molecule has 110 valence electrons. The number of hydrogen-bond acceptors (Lipinski definition) is 4. The van der Waals surface area contributed by atoms with E-state index in [1.807, 2.05) is 37.4 Å². The van der Waals surface area contributed by atoms with Gasteiger partial charge in [-0.05, 0) is 18.6 Å². The van der Waals surface area contributed by atoms with E-state index in [9.17, 15) is 4.79 Å². The first-order valence-electron chi connectivity index (χ1n) is 7.16. The minimum absolute atomic E-state index is 0.225. The van der Waals surface area contributed by atoms with Crippen molar-refractivity contribution in [2.45, 2.75) is 25.4 Å². The summed E-state index contributed by atoms with van der Waals surface area (Å²) in [4.78, 5) is 14.9. The molecule has 0 bridgehead atoms. The Bertz CT molecular complexity index is 610. The molecular weight excluding hydrogens is 266 g/mol. The minimum Gasteiger partial charge on any atom is -0.344 e. The lowest BCUT2D eigenvalue weighted by Gasteiger charge is -2.30.